The van der Waals surface area contributed by atoms with Crippen molar-refractivity contribution in [2.24, 2.45) is 0 Å². The van der Waals surface area contributed by atoms with Gasteiger partial charge in [0.2, 0.25) is 0 Å². The zero-order valence-electron chi connectivity index (χ0n) is 19.7. The molecule has 0 N–H and O–H groups in total. The number of nitriles is 1. The normalized spacial score (nSPS) is 28.0. The average Bonchev–Trinajstić information content (AvgIpc) is 2.97. The van der Waals surface area contributed by atoms with E-state index in [4.69, 9.17) is 18.9 Å². The highest BCUT2D eigenvalue weighted by Gasteiger charge is 2.55. The van der Waals surface area contributed by atoms with Crippen molar-refractivity contribution >= 4 is 14.2 Å². The monoisotopic (exact) mass is 426 g/mol. The van der Waals surface area contributed by atoms with E-state index in [0.717, 1.165) is 0 Å². The smallest absolute Gasteiger partial charge is 0.410 e. The Morgan fingerprint density at radius 2 is 1.83 bits per heavy atom. The predicted molar refractivity (Wildman–Crippen MR) is 113 cm³/mol. The van der Waals surface area contributed by atoms with Gasteiger partial charge in [-0.1, -0.05) is 33.9 Å². The lowest BCUT2D eigenvalue weighted by molar-refractivity contribution is -0.163. The minimum absolute atomic E-state index is 0.00538. The highest BCUT2D eigenvalue weighted by atomic mass is 28.3. The Balaban J connectivity index is 2.20. The van der Waals surface area contributed by atoms with Gasteiger partial charge in [-0.2, -0.15) is 5.26 Å². The summed E-state index contributed by atoms with van der Waals surface area (Å²) in [6.07, 6.45) is -0.956. The molecule has 0 aliphatic carbocycles. The van der Waals surface area contributed by atoms with Gasteiger partial charge >= 0.3 is 6.09 Å². The lowest BCUT2D eigenvalue weighted by atomic mass is 10.1. The van der Waals surface area contributed by atoms with Gasteiger partial charge in [-0.25, -0.2) is 4.79 Å². The number of rotatable bonds is 4. The number of carbonyl (C=O) groups is 1. The van der Waals surface area contributed by atoms with Crippen LogP contribution in [0.5, 0.6) is 0 Å². The maximum atomic E-state index is 12.8. The molecule has 2 aliphatic heterocycles. The second-order valence-electron chi connectivity index (χ2n) is 11.2. The first-order valence-electron chi connectivity index (χ1n) is 10.3. The Hall–Kier alpha value is -1.14. The summed E-state index contributed by atoms with van der Waals surface area (Å²) in [4.78, 5) is 14.4. The van der Waals surface area contributed by atoms with Crippen LogP contribution in [-0.2, 0) is 18.9 Å². The highest BCUT2D eigenvalue weighted by Crippen LogP contribution is 2.40. The fraction of sp³-hybridized carbons (Fsp3) is 0.905. The molecular weight excluding hydrogens is 388 g/mol. The Bertz CT molecular complexity index is 659. The van der Waals surface area contributed by atoms with Crippen LogP contribution < -0.4 is 0 Å². The molecule has 1 amide bonds. The molecule has 2 saturated heterocycles. The average molecular weight is 427 g/mol. The molecule has 4 atom stereocenters. The predicted octanol–water partition coefficient (Wildman–Crippen LogP) is 4.08. The number of carbonyl (C=O) groups excluding carboxylic acids is 1. The van der Waals surface area contributed by atoms with E-state index in [1.54, 1.807) is 4.90 Å². The van der Waals surface area contributed by atoms with E-state index in [0.29, 0.717) is 6.54 Å². The molecule has 2 rings (SSSR count). The first-order chi connectivity index (χ1) is 13.0. The van der Waals surface area contributed by atoms with Crippen molar-refractivity contribution in [2.45, 2.75) is 109 Å². The fourth-order valence-electron chi connectivity index (χ4n) is 3.55. The van der Waals surface area contributed by atoms with Gasteiger partial charge in [-0.15, -0.1) is 0 Å². The largest absolute Gasteiger partial charge is 0.444 e. The van der Waals surface area contributed by atoms with Crippen LogP contribution in [0.15, 0.2) is 0 Å². The molecule has 7 nitrogen and oxygen atoms in total. The van der Waals surface area contributed by atoms with Crippen LogP contribution in [0.3, 0.4) is 0 Å². The standard InChI is InChI=1S/C21H38N2O5Si/c1-19(2,3)28-18(24)23-12-15-17(27-21(7,8)26-15)14(23)13-25-16(11-22)29(9,10)20(4,5)6/h14-17H,12-13H2,1-10H3/t14-,15+,16+,17-/m1/s1. The van der Waals surface area contributed by atoms with Gasteiger partial charge in [0.25, 0.3) is 0 Å². The number of likely N-dealkylation sites (tertiary alicyclic amines) is 1. The fourth-order valence-corrected chi connectivity index (χ4v) is 5.17. The molecule has 166 valence electrons. The molecule has 0 aromatic rings. The number of nitrogens with zero attached hydrogens (tertiary/aromatic N) is 2. The van der Waals surface area contributed by atoms with Crippen LogP contribution in [0.4, 0.5) is 4.79 Å². The van der Waals surface area contributed by atoms with E-state index in [1.807, 2.05) is 34.6 Å². The maximum absolute atomic E-state index is 12.8. The van der Waals surface area contributed by atoms with Crippen molar-refractivity contribution in [3.63, 3.8) is 0 Å². The van der Waals surface area contributed by atoms with Crippen LogP contribution in [-0.4, -0.2) is 67.6 Å². The van der Waals surface area contributed by atoms with Gasteiger partial charge in [0, 0.05) is 0 Å². The molecule has 0 aromatic carbocycles. The van der Waals surface area contributed by atoms with Crippen molar-refractivity contribution < 1.29 is 23.7 Å². The number of hydrogen-bond donors (Lipinski definition) is 0. The summed E-state index contributed by atoms with van der Waals surface area (Å²) in [5.74, 6) is -0.707. The quantitative estimate of drug-likeness (QED) is 0.630. The summed E-state index contributed by atoms with van der Waals surface area (Å²) in [6.45, 7) is 20.7. The second-order valence-corrected chi connectivity index (χ2v) is 16.6. The van der Waals surface area contributed by atoms with Crippen molar-refractivity contribution in [3.8, 4) is 6.07 Å². The van der Waals surface area contributed by atoms with Crippen molar-refractivity contribution in [1.29, 1.82) is 5.26 Å². The molecule has 2 heterocycles. The molecule has 0 unspecified atom stereocenters. The Labute approximate surface area is 176 Å². The molecule has 0 bridgehead atoms. The van der Waals surface area contributed by atoms with Gasteiger partial charge in [-0.05, 0) is 39.7 Å². The van der Waals surface area contributed by atoms with Crippen molar-refractivity contribution in [2.75, 3.05) is 13.2 Å². The second kappa shape index (κ2) is 7.84. The third kappa shape index (κ3) is 5.32. The summed E-state index contributed by atoms with van der Waals surface area (Å²) >= 11 is 0. The minimum atomic E-state index is -2.05. The van der Waals surface area contributed by atoms with Gasteiger partial charge in [0.1, 0.15) is 31.6 Å². The van der Waals surface area contributed by atoms with Crippen LogP contribution in [0.25, 0.3) is 0 Å². The zero-order valence-corrected chi connectivity index (χ0v) is 20.7. The first kappa shape index (κ1) is 24.1. The number of fused-ring (bicyclic) bond motifs is 1. The highest BCUT2D eigenvalue weighted by molar-refractivity contribution is 6.82. The SMILES string of the molecule is CC(C)(C)OC(=O)N1C[C@@H]2OC(C)(C)O[C@@H]2[C@H]1CO[C@H](C#N)[Si](C)(C)C(C)(C)C. The van der Waals surface area contributed by atoms with E-state index in [2.05, 4.69) is 39.9 Å². The topological polar surface area (TPSA) is 81.0 Å². The molecule has 2 fully saturated rings. The van der Waals surface area contributed by atoms with E-state index >= 15 is 0 Å². The third-order valence-corrected chi connectivity index (χ3v) is 11.6. The first-order valence-corrected chi connectivity index (χ1v) is 13.4. The Morgan fingerprint density at radius 3 is 2.31 bits per heavy atom. The van der Waals surface area contributed by atoms with Crippen LogP contribution in [0, 0.1) is 11.3 Å². The molecule has 8 heteroatoms. The summed E-state index contributed by atoms with van der Waals surface area (Å²) < 4.78 is 23.8. The summed E-state index contributed by atoms with van der Waals surface area (Å²) in [7, 11) is -2.05. The van der Waals surface area contributed by atoms with Crippen LogP contribution in [0.2, 0.25) is 18.1 Å². The van der Waals surface area contributed by atoms with Gasteiger partial charge in [0.15, 0.2) is 5.79 Å². The maximum Gasteiger partial charge on any atom is 0.410 e. The third-order valence-electron chi connectivity index (χ3n) is 6.15. The van der Waals surface area contributed by atoms with Gasteiger partial charge in [0.05, 0.1) is 25.3 Å². The van der Waals surface area contributed by atoms with Crippen LogP contribution in [0.1, 0.15) is 55.4 Å². The molecular formula is C21H38N2O5Si. The Kier molecular flexibility index (Phi) is 6.52. The van der Waals surface area contributed by atoms with Gasteiger partial charge < -0.3 is 18.9 Å². The van der Waals surface area contributed by atoms with E-state index < -0.39 is 31.3 Å². The summed E-state index contributed by atoms with van der Waals surface area (Å²) in [6, 6.07) is 2.00. The molecule has 0 aromatic heterocycles. The summed E-state index contributed by atoms with van der Waals surface area (Å²) in [5.41, 5.74) is -1.09. The van der Waals surface area contributed by atoms with Crippen molar-refractivity contribution in [3.05, 3.63) is 0 Å². The van der Waals surface area contributed by atoms with E-state index in [9.17, 15) is 10.1 Å². The molecule has 29 heavy (non-hydrogen) atoms. The number of ether oxygens (including phenoxy) is 4. The number of amides is 1. The minimum Gasteiger partial charge on any atom is -0.444 e. The van der Waals surface area contributed by atoms with Crippen molar-refractivity contribution in [1.82, 2.24) is 4.90 Å². The molecule has 0 saturated carbocycles. The van der Waals surface area contributed by atoms with E-state index in [1.165, 1.54) is 0 Å². The summed E-state index contributed by atoms with van der Waals surface area (Å²) in [5, 5.41) is 9.80. The lowest BCUT2D eigenvalue weighted by Gasteiger charge is -2.40. The lowest BCUT2D eigenvalue weighted by Crippen LogP contribution is -2.52. The van der Waals surface area contributed by atoms with Crippen LogP contribution >= 0.6 is 0 Å². The molecule has 0 radical (unpaired) electrons. The van der Waals surface area contributed by atoms with E-state index in [-0.39, 0.29) is 29.9 Å². The Morgan fingerprint density at radius 1 is 1.24 bits per heavy atom. The van der Waals surface area contributed by atoms with Gasteiger partial charge in [-0.3, -0.25) is 4.90 Å². The number of hydrogen-bond acceptors (Lipinski definition) is 6. The molecule has 0 spiro atoms. The zero-order chi connectivity index (χ0) is 22.4. The molecule has 2 aliphatic rings.